The smallest absolute Gasteiger partial charge is 0.123 e. The highest BCUT2D eigenvalue weighted by Gasteiger charge is 2.30. The number of halogens is 2. The minimum atomic E-state index is -0.202. The second kappa shape index (κ2) is 6.67. The number of rotatable bonds is 5. The second-order valence-corrected chi connectivity index (χ2v) is 6.70. The standard InChI is InChI=1S/C17H20BrFN2/c1-17(2,13-4-6-15(19)7-5-13)16(20-3)9-12-8-14(18)11-21-10-12/h4-8,10-11,16,20H,9H2,1-3H3. The molecule has 0 radical (unpaired) electrons. The Morgan fingerprint density at radius 1 is 1.24 bits per heavy atom. The molecular formula is C17H20BrFN2. The van der Waals surface area contributed by atoms with Gasteiger partial charge in [0.25, 0.3) is 0 Å². The lowest BCUT2D eigenvalue weighted by atomic mass is 9.75. The number of nitrogens with zero attached hydrogens (tertiary/aromatic N) is 1. The van der Waals surface area contributed by atoms with Crippen LogP contribution in [0.25, 0.3) is 0 Å². The Bertz CT molecular complexity index is 596. The zero-order valence-electron chi connectivity index (χ0n) is 12.5. The number of nitrogens with one attached hydrogen (secondary N) is 1. The Morgan fingerprint density at radius 3 is 2.48 bits per heavy atom. The van der Waals surface area contributed by atoms with Crippen LogP contribution in [-0.2, 0) is 11.8 Å². The summed E-state index contributed by atoms with van der Waals surface area (Å²) in [4.78, 5) is 4.21. The van der Waals surface area contributed by atoms with Gasteiger partial charge in [0.05, 0.1) is 0 Å². The molecule has 0 aliphatic carbocycles. The van der Waals surface area contributed by atoms with Crippen molar-refractivity contribution in [2.45, 2.75) is 31.7 Å². The zero-order chi connectivity index (χ0) is 15.5. The quantitative estimate of drug-likeness (QED) is 0.878. The SMILES string of the molecule is CNC(Cc1cncc(Br)c1)C(C)(C)c1ccc(F)cc1. The lowest BCUT2D eigenvalue weighted by molar-refractivity contribution is 0.356. The Labute approximate surface area is 133 Å². The van der Waals surface area contributed by atoms with Crippen LogP contribution in [0.5, 0.6) is 0 Å². The maximum atomic E-state index is 13.1. The van der Waals surface area contributed by atoms with E-state index < -0.39 is 0 Å². The molecule has 112 valence electrons. The minimum Gasteiger partial charge on any atom is -0.316 e. The van der Waals surface area contributed by atoms with Crippen LogP contribution in [0.4, 0.5) is 4.39 Å². The fraction of sp³-hybridized carbons (Fsp3) is 0.353. The van der Waals surface area contributed by atoms with Crippen molar-refractivity contribution in [1.29, 1.82) is 0 Å². The van der Waals surface area contributed by atoms with Gasteiger partial charge in [0.1, 0.15) is 5.82 Å². The van der Waals surface area contributed by atoms with Gasteiger partial charge in [0, 0.05) is 28.3 Å². The van der Waals surface area contributed by atoms with E-state index in [-0.39, 0.29) is 17.3 Å². The molecule has 0 bridgehead atoms. The van der Waals surface area contributed by atoms with Crippen molar-refractivity contribution in [3.05, 3.63) is 64.1 Å². The fourth-order valence-corrected chi connectivity index (χ4v) is 3.01. The van der Waals surface area contributed by atoms with Crippen LogP contribution < -0.4 is 5.32 Å². The summed E-state index contributed by atoms with van der Waals surface area (Å²) in [5.74, 6) is -0.202. The van der Waals surface area contributed by atoms with Crippen LogP contribution >= 0.6 is 15.9 Å². The van der Waals surface area contributed by atoms with E-state index in [0.717, 1.165) is 16.5 Å². The minimum absolute atomic E-state index is 0.120. The third-order valence-corrected chi connectivity index (χ3v) is 4.44. The van der Waals surface area contributed by atoms with Gasteiger partial charge in [-0.1, -0.05) is 26.0 Å². The molecule has 0 amide bonds. The van der Waals surface area contributed by atoms with Crippen LogP contribution in [0, 0.1) is 5.82 Å². The number of likely N-dealkylation sites (N-methyl/N-ethyl adjacent to an activating group) is 1. The molecule has 21 heavy (non-hydrogen) atoms. The van der Waals surface area contributed by atoms with E-state index in [4.69, 9.17) is 0 Å². The first-order valence-electron chi connectivity index (χ1n) is 6.96. The van der Waals surface area contributed by atoms with E-state index in [2.05, 4.69) is 46.1 Å². The molecular weight excluding hydrogens is 331 g/mol. The summed E-state index contributed by atoms with van der Waals surface area (Å²) in [6.07, 6.45) is 4.52. The molecule has 4 heteroatoms. The Hall–Kier alpha value is -1.26. The van der Waals surface area contributed by atoms with E-state index in [1.807, 2.05) is 25.4 Å². The van der Waals surface area contributed by atoms with Gasteiger partial charge in [-0.05, 0) is 58.7 Å². The molecule has 1 unspecified atom stereocenters. The predicted octanol–water partition coefficient (Wildman–Crippen LogP) is 4.09. The van der Waals surface area contributed by atoms with E-state index in [9.17, 15) is 4.39 Å². The normalized spacial score (nSPS) is 13.2. The summed E-state index contributed by atoms with van der Waals surface area (Å²) in [5, 5.41) is 3.39. The first-order chi connectivity index (χ1) is 9.93. The van der Waals surface area contributed by atoms with Crippen LogP contribution in [0.1, 0.15) is 25.0 Å². The largest absolute Gasteiger partial charge is 0.316 e. The van der Waals surface area contributed by atoms with Crippen molar-refractivity contribution in [2.75, 3.05) is 7.05 Å². The van der Waals surface area contributed by atoms with Gasteiger partial charge < -0.3 is 5.32 Å². The maximum Gasteiger partial charge on any atom is 0.123 e. The molecule has 2 nitrogen and oxygen atoms in total. The molecule has 1 heterocycles. The van der Waals surface area contributed by atoms with Crippen LogP contribution in [0.2, 0.25) is 0 Å². The van der Waals surface area contributed by atoms with Crippen LogP contribution in [0.3, 0.4) is 0 Å². The highest BCUT2D eigenvalue weighted by atomic mass is 79.9. The molecule has 0 saturated heterocycles. The van der Waals surface area contributed by atoms with Crippen molar-refractivity contribution >= 4 is 15.9 Å². The Kier molecular flexibility index (Phi) is 5.12. The lowest BCUT2D eigenvalue weighted by Crippen LogP contribution is -2.44. The maximum absolute atomic E-state index is 13.1. The van der Waals surface area contributed by atoms with Crippen LogP contribution in [-0.4, -0.2) is 18.1 Å². The molecule has 2 aromatic rings. The summed E-state index contributed by atoms with van der Waals surface area (Å²) < 4.78 is 14.1. The molecule has 0 aliphatic heterocycles. The summed E-state index contributed by atoms with van der Waals surface area (Å²) in [5.41, 5.74) is 2.16. The molecule has 1 aromatic carbocycles. The van der Waals surface area contributed by atoms with Gasteiger partial charge in [0.15, 0.2) is 0 Å². The highest BCUT2D eigenvalue weighted by Crippen LogP contribution is 2.29. The Morgan fingerprint density at radius 2 is 1.90 bits per heavy atom. The van der Waals surface area contributed by atoms with E-state index >= 15 is 0 Å². The molecule has 0 saturated carbocycles. The highest BCUT2D eigenvalue weighted by molar-refractivity contribution is 9.10. The third kappa shape index (κ3) is 3.89. The van der Waals surface area contributed by atoms with Gasteiger partial charge in [-0.25, -0.2) is 4.39 Å². The molecule has 0 fully saturated rings. The van der Waals surface area contributed by atoms with Gasteiger partial charge in [0.2, 0.25) is 0 Å². The van der Waals surface area contributed by atoms with E-state index in [0.29, 0.717) is 0 Å². The number of hydrogen-bond donors (Lipinski definition) is 1. The second-order valence-electron chi connectivity index (χ2n) is 5.79. The molecule has 1 aromatic heterocycles. The number of pyridine rings is 1. The third-order valence-electron chi connectivity index (χ3n) is 4.01. The molecule has 1 atom stereocenters. The summed E-state index contributed by atoms with van der Waals surface area (Å²) in [6, 6.07) is 9.06. The van der Waals surface area contributed by atoms with Crippen LogP contribution in [0.15, 0.2) is 47.2 Å². The number of aromatic nitrogens is 1. The molecule has 0 aliphatic rings. The molecule has 1 N–H and O–H groups in total. The van der Waals surface area contributed by atoms with Gasteiger partial charge in [-0.2, -0.15) is 0 Å². The van der Waals surface area contributed by atoms with Crippen molar-refractivity contribution in [3.8, 4) is 0 Å². The summed E-state index contributed by atoms with van der Waals surface area (Å²) in [6.45, 7) is 4.35. The topological polar surface area (TPSA) is 24.9 Å². The Balaban J connectivity index is 2.24. The summed E-state index contributed by atoms with van der Waals surface area (Å²) >= 11 is 3.45. The molecule has 0 spiro atoms. The molecule has 2 rings (SSSR count). The van der Waals surface area contributed by atoms with Gasteiger partial charge in [-0.15, -0.1) is 0 Å². The van der Waals surface area contributed by atoms with Gasteiger partial charge in [-0.3, -0.25) is 4.98 Å². The van der Waals surface area contributed by atoms with Gasteiger partial charge >= 0.3 is 0 Å². The van der Waals surface area contributed by atoms with Crippen molar-refractivity contribution in [1.82, 2.24) is 10.3 Å². The predicted molar refractivity (Wildman–Crippen MR) is 87.9 cm³/mol. The first-order valence-corrected chi connectivity index (χ1v) is 7.75. The monoisotopic (exact) mass is 350 g/mol. The van der Waals surface area contributed by atoms with Crippen molar-refractivity contribution < 1.29 is 4.39 Å². The fourth-order valence-electron chi connectivity index (χ4n) is 2.60. The summed E-state index contributed by atoms with van der Waals surface area (Å²) in [7, 11) is 1.96. The lowest BCUT2D eigenvalue weighted by Gasteiger charge is -2.35. The average molecular weight is 351 g/mol. The van der Waals surface area contributed by atoms with E-state index in [1.54, 1.807) is 6.20 Å². The van der Waals surface area contributed by atoms with Crippen molar-refractivity contribution in [2.24, 2.45) is 0 Å². The first kappa shape index (κ1) is 16.1. The number of hydrogen-bond acceptors (Lipinski definition) is 2. The van der Waals surface area contributed by atoms with E-state index in [1.165, 1.54) is 17.7 Å². The zero-order valence-corrected chi connectivity index (χ0v) is 14.1. The average Bonchev–Trinajstić information content (AvgIpc) is 2.45. The van der Waals surface area contributed by atoms with Crippen molar-refractivity contribution in [3.63, 3.8) is 0 Å². The number of benzene rings is 1.